The van der Waals surface area contributed by atoms with Gasteiger partial charge in [-0.3, -0.25) is 14.5 Å². The fourth-order valence-corrected chi connectivity index (χ4v) is 4.66. The van der Waals surface area contributed by atoms with Crippen LogP contribution < -0.4 is 14.5 Å². The lowest BCUT2D eigenvalue weighted by Crippen LogP contribution is -2.29. The summed E-state index contributed by atoms with van der Waals surface area (Å²) in [5.74, 6) is -0.857. The topological polar surface area (TPSA) is 70.1 Å². The monoisotopic (exact) mass is 498 g/mol. The zero-order valence-corrected chi connectivity index (χ0v) is 22.3. The van der Waals surface area contributed by atoms with Gasteiger partial charge in [0.2, 0.25) is 0 Å². The average molecular weight is 499 g/mol. The molecule has 1 aliphatic rings. The number of rotatable bonds is 6. The first-order chi connectivity index (χ1) is 17.5. The van der Waals surface area contributed by atoms with Crippen molar-refractivity contribution < 1.29 is 19.4 Å². The van der Waals surface area contributed by atoms with Crippen LogP contribution in [0.3, 0.4) is 0 Å². The number of aliphatic hydroxyl groups is 1. The molecule has 4 rings (SSSR count). The minimum atomic E-state index is -0.768. The van der Waals surface area contributed by atoms with Crippen LogP contribution in [0, 0.1) is 0 Å². The van der Waals surface area contributed by atoms with E-state index >= 15 is 0 Å². The van der Waals surface area contributed by atoms with Crippen LogP contribution in [0.1, 0.15) is 50.4 Å². The molecule has 3 aromatic carbocycles. The van der Waals surface area contributed by atoms with Gasteiger partial charge in [-0.25, -0.2) is 0 Å². The number of aliphatic hydroxyl groups excluding tert-OH is 1. The molecule has 1 N–H and O–H groups in total. The maximum Gasteiger partial charge on any atom is 0.300 e. The van der Waals surface area contributed by atoms with Crippen molar-refractivity contribution in [1.29, 1.82) is 0 Å². The molecule has 0 radical (unpaired) electrons. The van der Waals surface area contributed by atoms with Gasteiger partial charge < -0.3 is 14.7 Å². The second-order valence-corrected chi connectivity index (χ2v) is 10.4. The molecule has 0 spiro atoms. The zero-order chi connectivity index (χ0) is 26.9. The molecule has 1 aliphatic heterocycles. The van der Waals surface area contributed by atoms with Gasteiger partial charge in [-0.15, -0.1) is 0 Å². The van der Waals surface area contributed by atoms with Gasteiger partial charge in [0.15, 0.2) is 0 Å². The van der Waals surface area contributed by atoms with Crippen molar-refractivity contribution in [3.63, 3.8) is 0 Å². The van der Waals surface area contributed by atoms with E-state index in [2.05, 4.69) is 20.8 Å². The molecule has 0 bridgehead atoms. The lowest BCUT2D eigenvalue weighted by atomic mass is 9.84. The third kappa shape index (κ3) is 4.96. The maximum absolute atomic E-state index is 13.5. The Balaban J connectivity index is 1.91. The number of ether oxygens (including phenoxy) is 1. The molecule has 1 unspecified atom stereocenters. The van der Waals surface area contributed by atoms with Crippen molar-refractivity contribution in [3.05, 3.63) is 95.1 Å². The molecule has 1 atom stereocenters. The molecule has 0 aliphatic carbocycles. The average Bonchev–Trinajstić information content (AvgIpc) is 3.14. The highest BCUT2D eigenvalue weighted by atomic mass is 16.5. The lowest BCUT2D eigenvalue weighted by molar-refractivity contribution is -0.132. The minimum Gasteiger partial charge on any atom is -0.507 e. The van der Waals surface area contributed by atoms with E-state index in [0.29, 0.717) is 17.9 Å². The first-order valence-electron chi connectivity index (χ1n) is 12.5. The molecule has 192 valence electrons. The summed E-state index contributed by atoms with van der Waals surface area (Å²) in [6, 6.07) is 21.4. The van der Waals surface area contributed by atoms with E-state index in [0.717, 1.165) is 22.6 Å². The van der Waals surface area contributed by atoms with E-state index in [1.54, 1.807) is 6.07 Å². The van der Waals surface area contributed by atoms with Crippen molar-refractivity contribution in [2.45, 2.75) is 39.2 Å². The Bertz CT molecular complexity index is 1340. The largest absolute Gasteiger partial charge is 0.507 e. The number of anilines is 2. The highest BCUT2D eigenvalue weighted by molar-refractivity contribution is 6.51. The molecule has 0 aromatic heterocycles. The second kappa shape index (κ2) is 10.1. The number of nitrogens with zero attached hydrogens (tertiary/aromatic N) is 2. The Morgan fingerprint density at radius 1 is 0.973 bits per heavy atom. The van der Waals surface area contributed by atoms with Gasteiger partial charge in [0, 0.05) is 36.6 Å². The number of hydrogen-bond donors (Lipinski definition) is 1. The molecule has 6 nitrogen and oxygen atoms in total. The third-order valence-electron chi connectivity index (χ3n) is 6.56. The molecule has 37 heavy (non-hydrogen) atoms. The van der Waals surface area contributed by atoms with Crippen LogP contribution >= 0.6 is 0 Å². The van der Waals surface area contributed by atoms with E-state index in [1.165, 1.54) is 4.90 Å². The smallest absolute Gasteiger partial charge is 0.300 e. The molecule has 1 saturated heterocycles. The SMILES string of the molecule is CCOc1ccc(/C(O)=C2/C(=O)C(=O)N(c3ccc(N(C)C)cc3)C2c2ccccc2)cc1C(C)(C)C. The van der Waals surface area contributed by atoms with Crippen molar-refractivity contribution in [3.8, 4) is 5.75 Å². The van der Waals surface area contributed by atoms with Gasteiger partial charge in [0.25, 0.3) is 11.7 Å². The van der Waals surface area contributed by atoms with Crippen LogP contribution in [-0.2, 0) is 15.0 Å². The Morgan fingerprint density at radius 2 is 1.62 bits per heavy atom. The molecule has 6 heteroatoms. The number of carbonyl (C=O) groups is 2. The number of amides is 1. The predicted octanol–water partition coefficient (Wildman–Crippen LogP) is 6.08. The molecule has 1 heterocycles. The van der Waals surface area contributed by atoms with Crippen molar-refractivity contribution in [2.24, 2.45) is 0 Å². The summed E-state index contributed by atoms with van der Waals surface area (Å²) in [5, 5.41) is 11.6. The lowest BCUT2D eigenvalue weighted by Gasteiger charge is -2.26. The van der Waals surface area contributed by atoms with E-state index in [9.17, 15) is 14.7 Å². The van der Waals surface area contributed by atoms with Crippen LogP contribution in [-0.4, -0.2) is 37.5 Å². The first kappa shape index (κ1) is 26.0. The summed E-state index contributed by atoms with van der Waals surface area (Å²) in [6.07, 6.45) is 0. The van der Waals surface area contributed by atoms with Crippen LogP contribution in [0.25, 0.3) is 5.76 Å². The summed E-state index contributed by atoms with van der Waals surface area (Å²) in [5.41, 5.74) is 3.47. The highest BCUT2D eigenvalue weighted by Gasteiger charge is 2.47. The predicted molar refractivity (Wildman–Crippen MR) is 148 cm³/mol. The van der Waals surface area contributed by atoms with Gasteiger partial charge in [-0.2, -0.15) is 0 Å². The Labute approximate surface area is 218 Å². The molecular weight excluding hydrogens is 464 g/mol. The number of benzene rings is 3. The van der Waals surface area contributed by atoms with E-state index in [4.69, 9.17) is 4.74 Å². The molecule has 1 fully saturated rings. The van der Waals surface area contributed by atoms with Gasteiger partial charge in [0.05, 0.1) is 18.2 Å². The zero-order valence-electron chi connectivity index (χ0n) is 22.3. The number of hydrogen-bond acceptors (Lipinski definition) is 5. The maximum atomic E-state index is 13.5. The van der Waals surface area contributed by atoms with Crippen LogP contribution in [0.15, 0.2) is 78.4 Å². The van der Waals surface area contributed by atoms with E-state index < -0.39 is 17.7 Å². The number of Topliss-reactive ketones (excluding diaryl/α,β-unsaturated/α-hetero) is 1. The van der Waals surface area contributed by atoms with Crippen molar-refractivity contribution in [2.75, 3.05) is 30.5 Å². The Morgan fingerprint density at radius 3 is 2.19 bits per heavy atom. The second-order valence-electron chi connectivity index (χ2n) is 10.4. The standard InChI is InChI=1S/C31H34N2O4/c1-7-37-25-18-13-21(19-24(25)31(2,3)4)28(34)26-27(20-11-9-8-10-12-20)33(30(36)29(26)35)23-16-14-22(15-17-23)32(5)6/h8-19,27,34H,7H2,1-6H3/b28-26-. The third-order valence-corrected chi connectivity index (χ3v) is 6.56. The number of ketones is 1. The van der Waals surface area contributed by atoms with Crippen LogP contribution in [0.5, 0.6) is 5.75 Å². The van der Waals surface area contributed by atoms with E-state index in [-0.39, 0.29) is 16.7 Å². The van der Waals surface area contributed by atoms with Gasteiger partial charge in [-0.05, 0) is 60.4 Å². The minimum absolute atomic E-state index is 0.0666. The van der Waals surface area contributed by atoms with E-state index in [1.807, 2.05) is 92.6 Å². The van der Waals surface area contributed by atoms with Crippen LogP contribution in [0.4, 0.5) is 11.4 Å². The fourth-order valence-electron chi connectivity index (χ4n) is 4.66. The molecule has 0 saturated carbocycles. The van der Waals surface area contributed by atoms with Crippen molar-refractivity contribution >= 4 is 28.8 Å². The normalized spacial score (nSPS) is 17.2. The van der Waals surface area contributed by atoms with Crippen LogP contribution in [0.2, 0.25) is 0 Å². The molecule has 3 aromatic rings. The Hall–Kier alpha value is -4.06. The summed E-state index contributed by atoms with van der Waals surface area (Å²) < 4.78 is 5.82. The van der Waals surface area contributed by atoms with Crippen molar-refractivity contribution in [1.82, 2.24) is 0 Å². The molecular formula is C31H34N2O4. The van der Waals surface area contributed by atoms with Gasteiger partial charge in [-0.1, -0.05) is 51.1 Å². The fraction of sp³-hybridized carbons (Fsp3) is 0.290. The van der Waals surface area contributed by atoms with Gasteiger partial charge in [0.1, 0.15) is 11.5 Å². The summed E-state index contributed by atoms with van der Waals surface area (Å²) in [6.45, 7) is 8.63. The summed E-state index contributed by atoms with van der Waals surface area (Å²) in [7, 11) is 3.88. The summed E-state index contributed by atoms with van der Waals surface area (Å²) >= 11 is 0. The Kier molecular flexibility index (Phi) is 7.12. The first-order valence-corrected chi connectivity index (χ1v) is 12.5. The summed E-state index contributed by atoms with van der Waals surface area (Å²) in [4.78, 5) is 30.3. The number of carbonyl (C=O) groups excluding carboxylic acids is 2. The quantitative estimate of drug-likeness (QED) is 0.254. The van der Waals surface area contributed by atoms with Gasteiger partial charge >= 0.3 is 0 Å². The molecule has 1 amide bonds. The highest BCUT2D eigenvalue weighted by Crippen LogP contribution is 2.43.